The number of hydrogen-bond donors (Lipinski definition) is 0. The molecule has 0 radical (unpaired) electrons. The molecule has 1 heterocycles. The van der Waals surface area contributed by atoms with Gasteiger partial charge in [0.1, 0.15) is 5.76 Å². The summed E-state index contributed by atoms with van der Waals surface area (Å²) in [6, 6.07) is 0.259. The Hall–Kier alpha value is -1.36. The van der Waals surface area contributed by atoms with Gasteiger partial charge in [0, 0.05) is 6.04 Å². The molecule has 0 aromatic carbocycles. The molecule has 0 aromatic rings. The second kappa shape index (κ2) is 7.27. The molecule has 2 saturated carbocycles. The number of rotatable bonds is 3. The van der Waals surface area contributed by atoms with Gasteiger partial charge in [-0.2, -0.15) is 0 Å². The molecule has 0 amide bonds. The van der Waals surface area contributed by atoms with Gasteiger partial charge in [-0.15, -0.1) is 5.06 Å². The summed E-state index contributed by atoms with van der Waals surface area (Å²) in [4.78, 5) is 29.3. The number of hydroxylamine groups is 2. The smallest absolute Gasteiger partial charge is 0.353 e. The zero-order valence-electron chi connectivity index (χ0n) is 13.1. The zero-order chi connectivity index (χ0) is 15.4. The van der Waals surface area contributed by atoms with Crippen LogP contribution in [0.3, 0.4) is 0 Å². The van der Waals surface area contributed by atoms with Crippen LogP contribution in [-0.4, -0.2) is 29.6 Å². The molecule has 0 aromatic heterocycles. The first kappa shape index (κ1) is 15.5. The van der Waals surface area contributed by atoms with Crippen LogP contribution in [0.2, 0.25) is 0 Å². The molecule has 2 aliphatic carbocycles. The summed E-state index contributed by atoms with van der Waals surface area (Å²) >= 11 is 0. The second-order valence-electron chi connectivity index (χ2n) is 6.64. The van der Waals surface area contributed by atoms with Gasteiger partial charge >= 0.3 is 11.9 Å². The first-order valence-electron chi connectivity index (χ1n) is 8.63. The Labute approximate surface area is 131 Å². The van der Waals surface area contributed by atoms with Gasteiger partial charge < -0.3 is 9.57 Å². The fraction of sp³-hybridized carbons (Fsp3) is 0.765. The van der Waals surface area contributed by atoms with Gasteiger partial charge in [0.25, 0.3) is 0 Å². The molecule has 122 valence electrons. The highest BCUT2D eigenvalue weighted by atomic mass is 16.7. The van der Waals surface area contributed by atoms with Crippen molar-refractivity contribution in [1.82, 2.24) is 5.06 Å². The maximum atomic E-state index is 12.2. The standard InChI is InChI=1S/C17H25NO4/c19-16-11-15(21-17(20)13-7-3-1-4-8-13)12-18(22-16)14-9-5-2-6-10-14/h11,13-14H,1-10,12H2. The summed E-state index contributed by atoms with van der Waals surface area (Å²) in [5.74, 6) is -0.166. The molecular formula is C17H25NO4. The first-order chi connectivity index (χ1) is 10.7. The molecule has 5 heteroatoms. The van der Waals surface area contributed by atoms with E-state index in [0.29, 0.717) is 12.3 Å². The third kappa shape index (κ3) is 3.88. The lowest BCUT2D eigenvalue weighted by Gasteiger charge is -2.34. The topological polar surface area (TPSA) is 55.8 Å². The van der Waals surface area contributed by atoms with E-state index in [1.165, 1.54) is 31.8 Å². The van der Waals surface area contributed by atoms with E-state index in [9.17, 15) is 9.59 Å². The van der Waals surface area contributed by atoms with Crippen LogP contribution in [0.25, 0.3) is 0 Å². The molecule has 0 saturated heterocycles. The maximum Gasteiger partial charge on any atom is 0.353 e. The summed E-state index contributed by atoms with van der Waals surface area (Å²) < 4.78 is 5.50. The van der Waals surface area contributed by atoms with Crippen molar-refractivity contribution in [3.8, 4) is 0 Å². The summed E-state index contributed by atoms with van der Waals surface area (Å²) in [5.41, 5.74) is 0. The molecule has 2 fully saturated rings. The highest BCUT2D eigenvalue weighted by Crippen LogP contribution is 2.28. The van der Waals surface area contributed by atoms with Crippen molar-refractivity contribution in [3.05, 3.63) is 11.8 Å². The molecule has 5 nitrogen and oxygen atoms in total. The van der Waals surface area contributed by atoms with E-state index in [0.717, 1.165) is 38.5 Å². The quantitative estimate of drug-likeness (QED) is 0.750. The van der Waals surface area contributed by atoms with Crippen molar-refractivity contribution < 1.29 is 19.2 Å². The number of carbonyl (C=O) groups is 2. The van der Waals surface area contributed by atoms with Crippen LogP contribution in [0.5, 0.6) is 0 Å². The zero-order valence-corrected chi connectivity index (χ0v) is 13.1. The summed E-state index contributed by atoms with van der Waals surface area (Å²) in [6.45, 7) is 0.398. The molecule has 1 aliphatic heterocycles. The number of ether oxygens (including phenoxy) is 1. The van der Waals surface area contributed by atoms with Gasteiger partial charge in [-0.05, 0) is 25.7 Å². The highest BCUT2D eigenvalue weighted by molar-refractivity contribution is 5.84. The predicted molar refractivity (Wildman–Crippen MR) is 80.4 cm³/mol. The number of esters is 1. The number of carbonyl (C=O) groups excluding carboxylic acids is 2. The number of hydrogen-bond acceptors (Lipinski definition) is 5. The van der Waals surface area contributed by atoms with Crippen molar-refractivity contribution in [2.45, 2.75) is 70.3 Å². The average Bonchev–Trinajstić information content (AvgIpc) is 2.56. The average molecular weight is 307 g/mol. The van der Waals surface area contributed by atoms with Crippen LogP contribution in [0.15, 0.2) is 11.8 Å². The fourth-order valence-electron chi connectivity index (χ4n) is 3.69. The minimum atomic E-state index is -0.428. The van der Waals surface area contributed by atoms with Crippen molar-refractivity contribution in [1.29, 1.82) is 0 Å². The lowest BCUT2D eigenvalue weighted by atomic mass is 9.89. The van der Waals surface area contributed by atoms with E-state index in [4.69, 9.17) is 9.57 Å². The summed E-state index contributed by atoms with van der Waals surface area (Å²) in [7, 11) is 0. The molecule has 22 heavy (non-hydrogen) atoms. The molecule has 0 unspecified atom stereocenters. The van der Waals surface area contributed by atoms with Crippen molar-refractivity contribution in [3.63, 3.8) is 0 Å². The van der Waals surface area contributed by atoms with Crippen LogP contribution >= 0.6 is 0 Å². The highest BCUT2D eigenvalue weighted by Gasteiger charge is 2.31. The summed E-state index contributed by atoms with van der Waals surface area (Å²) in [5, 5.41) is 1.71. The second-order valence-corrected chi connectivity index (χ2v) is 6.64. The monoisotopic (exact) mass is 307 g/mol. The lowest BCUT2D eigenvalue weighted by molar-refractivity contribution is -0.204. The Morgan fingerprint density at radius 2 is 1.68 bits per heavy atom. The van der Waals surface area contributed by atoms with Gasteiger partial charge in [0.15, 0.2) is 0 Å². The minimum Gasteiger partial charge on any atom is -0.429 e. The van der Waals surface area contributed by atoms with Crippen LogP contribution in [-0.2, 0) is 19.2 Å². The third-order valence-corrected chi connectivity index (χ3v) is 4.95. The Balaban J connectivity index is 1.57. The van der Waals surface area contributed by atoms with Gasteiger partial charge in [0.2, 0.25) is 0 Å². The SMILES string of the molecule is O=C1C=C(OC(=O)C2CCCCC2)CN(C2CCCCC2)O1. The molecule has 3 rings (SSSR count). The van der Waals surface area contributed by atoms with Crippen LogP contribution in [0.1, 0.15) is 64.2 Å². The third-order valence-electron chi connectivity index (χ3n) is 4.95. The van der Waals surface area contributed by atoms with E-state index in [-0.39, 0.29) is 17.9 Å². The minimum absolute atomic E-state index is 0.00396. The van der Waals surface area contributed by atoms with Crippen LogP contribution in [0, 0.1) is 5.92 Å². The Morgan fingerprint density at radius 1 is 1.05 bits per heavy atom. The molecule has 0 bridgehead atoms. The van der Waals surface area contributed by atoms with Crippen molar-refractivity contribution >= 4 is 11.9 Å². The van der Waals surface area contributed by atoms with Crippen molar-refractivity contribution in [2.24, 2.45) is 5.92 Å². The van der Waals surface area contributed by atoms with Crippen molar-refractivity contribution in [2.75, 3.05) is 6.54 Å². The maximum absolute atomic E-state index is 12.2. The molecule has 3 aliphatic rings. The van der Waals surface area contributed by atoms with Gasteiger partial charge in [-0.1, -0.05) is 38.5 Å². The Morgan fingerprint density at radius 3 is 2.36 bits per heavy atom. The van der Waals surface area contributed by atoms with E-state index >= 15 is 0 Å². The largest absolute Gasteiger partial charge is 0.429 e. The molecular weight excluding hydrogens is 282 g/mol. The summed E-state index contributed by atoms with van der Waals surface area (Å²) in [6.07, 6.45) is 12.2. The Bertz CT molecular complexity index is 448. The predicted octanol–water partition coefficient (Wildman–Crippen LogP) is 3.10. The van der Waals surface area contributed by atoms with E-state index < -0.39 is 5.97 Å². The molecule has 0 atom stereocenters. The van der Waals surface area contributed by atoms with Gasteiger partial charge in [0.05, 0.1) is 18.5 Å². The molecule has 0 spiro atoms. The van der Waals surface area contributed by atoms with Gasteiger partial charge in [-0.25, -0.2) is 4.79 Å². The van der Waals surface area contributed by atoms with Crippen LogP contribution in [0.4, 0.5) is 0 Å². The van der Waals surface area contributed by atoms with E-state index in [2.05, 4.69) is 0 Å². The molecule has 0 N–H and O–H groups in total. The Kier molecular flexibility index (Phi) is 5.13. The normalized spacial score (nSPS) is 25.5. The fourth-order valence-corrected chi connectivity index (χ4v) is 3.69. The van der Waals surface area contributed by atoms with Gasteiger partial charge in [-0.3, -0.25) is 4.79 Å². The van der Waals surface area contributed by atoms with Crippen LogP contribution < -0.4 is 0 Å². The van der Waals surface area contributed by atoms with E-state index in [1.54, 1.807) is 5.06 Å². The van der Waals surface area contributed by atoms with E-state index in [1.807, 2.05) is 0 Å². The number of nitrogens with zero attached hydrogens (tertiary/aromatic N) is 1. The first-order valence-corrected chi connectivity index (χ1v) is 8.63. The lowest BCUT2D eigenvalue weighted by Crippen LogP contribution is -2.42.